The van der Waals surface area contributed by atoms with E-state index in [2.05, 4.69) is 0 Å². The maximum Gasteiger partial charge on any atom is 0.501 e. The number of ether oxygens (including phenoxy) is 2. The highest BCUT2D eigenvalue weighted by atomic mass is 28.4. The van der Waals surface area contributed by atoms with Crippen LogP contribution < -0.4 is 0 Å². The van der Waals surface area contributed by atoms with Gasteiger partial charge in [0.1, 0.15) is 12.7 Å². The van der Waals surface area contributed by atoms with Crippen LogP contribution in [0, 0.1) is 0 Å². The van der Waals surface area contributed by atoms with Crippen molar-refractivity contribution in [1.82, 2.24) is 0 Å². The Morgan fingerprint density at radius 3 is 2.61 bits per heavy atom. The molecule has 0 aromatic carbocycles. The van der Waals surface area contributed by atoms with Gasteiger partial charge >= 0.3 is 14.8 Å². The van der Waals surface area contributed by atoms with Crippen LogP contribution in [0.25, 0.3) is 0 Å². The van der Waals surface area contributed by atoms with E-state index in [9.17, 15) is 4.79 Å². The predicted octanol–water partition coefficient (Wildman–Crippen LogP) is 0.125. The molecule has 106 valence electrons. The van der Waals surface area contributed by atoms with E-state index in [1.165, 1.54) is 14.2 Å². The summed E-state index contributed by atoms with van der Waals surface area (Å²) in [6.45, 7) is 1.52. The van der Waals surface area contributed by atoms with Crippen LogP contribution >= 0.6 is 0 Å². The molecule has 18 heavy (non-hydrogen) atoms. The lowest BCUT2D eigenvalue weighted by atomic mass is 10.5. The minimum absolute atomic E-state index is 0.250. The Hall–Kier alpha value is -0.513. The molecule has 7 nitrogen and oxygen atoms in total. The second kappa shape index (κ2) is 7.82. The van der Waals surface area contributed by atoms with Crippen molar-refractivity contribution in [3.63, 3.8) is 0 Å². The van der Waals surface area contributed by atoms with Crippen LogP contribution in [-0.2, 0) is 27.5 Å². The molecule has 0 aromatic heterocycles. The zero-order chi connectivity index (χ0) is 13.4. The van der Waals surface area contributed by atoms with Crippen LogP contribution in [0.4, 0.5) is 0 Å². The fourth-order valence-electron chi connectivity index (χ4n) is 1.42. The second-order valence-electron chi connectivity index (χ2n) is 3.91. The summed E-state index contributed by atoms with van der Waals surface area (Å²) in [7, 11) is 0.0776. The summed E-state index contributed by atoms with van der Waals surface area (Å²) < 4.78 is 26.1. The first-order valence-electron chi connectivity index (χ1n) is 5.77. The normalized spacial score (nSPS) is 18.9. The van der Waals surface area contributed by atoms with Gasteiger partial charge in [0, 0.05) is 26.9 Å². The van der Waals surface area contributed by atoms with E-state index in [0.717, 1.165) is 6.61 Å². The van der Waals surface area contributed by atoms with Gasteiger partial charge in [-0.2, -0.15) is 0 Å². The van der Waals surface area contributed by atoms with Crippen LogP contribution in [0.1, 0.15) is 6.42 Å². The molecule has 0 saturated carbocycles. The fraction of sp³-hybridized carbons (Fsp3) is 0.900. The molecular formula is C10H20O7Si. The van der Waals surface area contributed by atoms with Gasteiger partial charge in [-0.15, -0.1) is 0 Å². The standard InChI is InChI=1S/C10H20O7Si/c1-13-18(14-2,17-8-10(11)12)5-3-4-15-6-9-7-16-9/h9H,3-8H2,1-2H3,(H,11,12). The lowest BCUT2D eigenvalue weighted by molar-refractivity contribution is -0.140. The number of epoxide rings is 1. The molecule has 0 spiro atoms. The van der Waals surface area contributed by atoms with E-state index in [1.54, 1.807) is 0 Å². The quantitative estimate of drug-likeness (QED) is 0.327. The van der Waals surface area contributed by atoms with Crippen molar-refractivity contribution in [2.24, 2.45) is 0 Å². The molecule has 1 aliphatic heterocycles. The van der Waals surface area contributed by atoms with Crippen molar-refractivity contribution in [3.05, 3.63) is 0 Å². The van der Waals surface area contributed by atoms with Crippen molar-refractivity contribution >= 4 is 14.8 Å². The summed E-state index contributed by atoms with van der Waals surface area (Å²) in [6.07, 6.45) is 0.945. The van der Waals surface area contributed by atoms with Crippen LogP contribution in [0.15, 0.2) is 0 Å². The average Bonchev–Trinajstić information content (AvgIpc) is 3.17. The molecule has 0 aliphatic carbocycles. The Labute approximate surface area is 107 Å². The van der Waals surface area contributed by atoms with Crippen molar-refractivity contribution < 1.29 is 32.7 Å². The Balaban J connectivity index is 2.19. The van der Waals surface area contributed by atoms with E-state index >= 15 is 0 Å². The van der Waals surface area contributed by atoms with Gasteiger partial charge in [-0.1, -0.05) is 0 Å². The number of hydrogen-bond acceptors (Lipinski definition) is 6. The second-order valence-corrected chi connectivity index (χ2v) is 6.88. The minimum atomic E-state index is -2.86. The van der Waals surface area contributed by atoms with E-state index in [0.29, 0.717) is 25.7 Å². The summed E-state index contributed by atoms with van der Waals surface area (Å²) in [5, 5.41) is 8.59. The molecule has 1 atom stereocenters. The third-order valence-electron chi connectivity index (χ3n) is 2.52. The van der Waals surface area contributed by atoms with Crippen molar-refractivity contribution in [1.29, 1.82) is 0 Å². The summed E-state index contributed by atoms with van der Waals surface area (Å²) in [5.41, 5.74) is 0. The van der Waals surface area contributed by atoms with E-state index in [4.69, 9.17) is 27.9 Å². The van der Waals surface area contributed by atoms with Crippen molar-refractivity contribution in [3.8, 4) is 0 Å². The number of carboxylic acids is 1. The first-order chi connectivity index (χ1) is 8.62. The van der Waals surface area contributed by atoms with Gasteiger partial charge in [-0.25, -0.2) is 4.79 Å². The zero-order valence-electron chi connectivity index (χ0n) is 10.7. The lowest BCUT2D eigenvalue weighted by Gasteiger charge is -2.25. The number of rotatable bonds is 11. The first kappa shape index (κ1) is 15.5. The highest BCUT2D eigenvalue weighted by Gasteiger charge is 2.39. The van der Waals surface area contributed by atoms with Gasteiger partial charge in [0.25, 0.3) is 0 Å². The highest BCUT2D eigenvalue weighted by Crippen LogP contribution is 2.16. The van der Waals surface area contributed by atoms with Gasteiger partial charge in [-0.05, 0) is 6.42 Å². The third-order valence-corrected chi connectivity index (χ3v) is 5.31. The number of aliphatic carboxylic acids is 1. The Kier molecular flexibility index (Phi) is 6.75. The van der Waals surface area contributed by atoms with Gasteiger partial charge in [0.15, 0.2) is 0 Å². The summed E-state index contributed by atoms with van der Waals surface area (Å²) in [5.74, 6) is -1.04. The lowest BCUT2D eigenvalue weighted by Crippen LogP contribution is -2.45. The first-order valence-corrected chi connectivity index (χ1v) is 7.70. The van der Waals surface area contributed by atoms with Gasteiger partial charge in [0.2, 0.25) is 0 Å². The molecule has 0 aromatic rings. The van der Waals surface area contributed by atoms with Crippen LogP contribution in [0.2, 0.25) is 6.04 Å². The number of carboxylic acid groups (broad SMARTS) is 1. The molecule has 1 unspecified atom stereocenters. The number of carbonyl (C=O) groups is 1. The van der Waals surface area contributed by atoms with Crippen LogP contribution in [-0.4, -0.2) is 66.6 Å². The topological polar surface area (TPSA) is 86.8 Å². The molecule has 8 heteroatoms. The van der Waals surface area contributed by atoms with Gasteiger partial charge in [0.05, 0.1) is 13.2 Å². The van der Waals surface area contributed by atoms with Gasteiger partial charge < -0.3 is 27.9 Å². The Morgan fingerprint density at radius 1 is 1.44 bits per heavy atom. The maximum atomic E-state index is 10.5. The average molecular weight is 280 g/mol. The Morgan fingerprint density at radius 2 is 2.11 bits per heavy atom. The summed E-state index contributed by atoms with van der Waals surface area (Å²) in [4.78, 5) is 10.5. The molecule has 1 rings (SSSR count). The molecule has 1 saturated heterocycles. The molecule has 0 radical (unpaired) electrons. The molecule has 1 N–H and O–H groups in total. The summed E-state index contributed by atoms with van der Waals surface area (Å²) >= 11 is 0. The molecule has 1 heterocycles. The molecule has 0 bridgehead atoms. The zero-order valence-corrected chi connectivity index (χ0v) is 11.7. The molecule has 0 amide bonds. The maximum absolute atomic E-state index is 10.5. The fourth-order valence-corrected chi connectivity index (χ4v) is 3.29. The SMILES string of the molecule is CO[Si](CCCOCC1CO1)(OC)OCC(=O)O. The summed E-state index contributed by atoms with van der Waals surface area (Å²) in [6, 6.07) is 0.527. The van der Waals surface area contributed by atoms with Crippen molar-refractivity contribution in [2.75, 3.05) is 40.6 Å². The van der Waals surface area contributed by atoms with Crippen LogP contribution in [0.5, 0.6) is 0 Å². The molecule has 1 fully saturated rings. The minimum Gasteiger partial charge on any atom is -0.480 e. The van der Waals surface area contributed by atoms with E-state index < -0.39 is 21.4 Å². The molecule has 1 aliphatic rings. The van der Waals surface area contributed by atoms with E-state index in [-0.39, 0.29) is 6.10 Å². The number of hydrogen-bond donors (Lipinski definition) is 1. The largest absolute Gasteiger partial charge is 0.501 e. The van der Waals surface area contributed by atoms with Crippen molar-refractivity contribution in [2.45, 2.75) is 18.6 Å². The molecular weight excluding hydrogens is 260 g/mol. The smallest absolute Gasteiger partial charge is 0.480 e. The Bertz CT molecular complexity index is 253. The van der Waals surface area contributed by atoms with Gasteiger partial charge in [-0.3, -0.25) is 0 Å². The van der Waals surface area contributed by atoms with Crippen LogP contribution in [0.3, 0.4) is 0 Å². The van der Waals surface area contributed by atoms with E-state index in [1.807, 2.05) is 0 Å². The third kappa shape index (κ3) is 5.89. The highest BCUT2D eigenvalue weighted by molar-refractivity contribution is 6.60. The monoisotopic (exact) mass is 280 g/mol. The predicted molar refractivity (Wildman–Crippen MR) is 63.3 cm³/mol.